The second-order valence-electron chi connectivity index (χ2n) is 3.23. The topological polar surface area (TPSA) is 88.7 Å². The molecule has 0 saturated heterocycles. The summed E-state index contributed by atoms with van der Waals surface area (Å²) in [4.78, 5) is 15.5. The quantitative estimate of drug-likeness (QED) is 0.581. The number of nitro groups is 1. The first-order valence-electron chi connectivity index (χ1n) is 4.53. The van der Waals surface area contributed by atoms with Crippen LogP contribution in [0.3, 0.4) is 0 Å². The van der Waals surface area contributed by atoms with E-state index in [1.54, 1.807) is 11.9 Å². The Labute approximate surface area is 96.4 Å². The highest BCUT2D eigenvalue weighted by Crippen LogP contribution is 2.27. The molecule has 0 aliphatic rings. The van der Waals surface area contributed by atoms with Crippen molar-refractivity contribution >= 4 is 21.5 Å². The lowest BCUT2D eigenvalue weighted by atomic mass is 10.3. The number of anilines is 1. The molecule has 0 saturated carbocycles. The van der Waals surface area contributed by atoms with Crippen molar-refractivity contribution in [2.24, 2.45) is 0 Å². The van der Waals surface area contributed by atoms with E-state index in [1.165, 1.54) is 13.3 Å². The average molecular weight is 247 g/mol. The predicted molar refractivity (Wildman–Crippen MR) is 59.9 cm³/mol. The Morgan fingerprint density at radius 2 is 2.50 bits per heavy atom. The summed E-state index contributed by atoms with van der Waals surface area (Å²) >= 11 is 0.973. The van der Waals surface area contributed by atoms with Gasteiger partial charge in [-0.15, -0.1) is 0 Å². The molecule has 0 bridgehead atoms. The number of thiazole rings is 1. The molecule has 0 aliphatic carbocycles. The van der Waals surface area contributed by atoms with Crippen LogP contribution >= 0.6 is 11.3 Å². The van der Waals surface area contributed by atoms with Crippen molar-refractivity contribution in [3.8, 4) is 0 Å². The van der Waals surface area contributed by atoms with E-state index < -0.39 is 11.0 Å². The summed E-state index contributed by atoms with van der Waals surface area (Å²) < 4.78 is 4.78. The van der Waals surface area contributed by atoms with Crippen LogP contribution in [0.5, 0.6) is 0 Å². The van der Waals surface area contributed by atoms with Crippen LogP contribution in [0.15, 0.2) is 6.20 Å². The van der Waals surface area contributed by atoms with Gasteiger partial charge in [0.05, 0.1) is 17.6 Å². The zero-order chi connectivity index (χ0) is 12.1. The molecule has 1 atom stereocenters. The minimum absolute atomic E-state index is 0.0110. The van der Waals surface area contributed by atoms with Crippen LogP contribution in [0.25, 0.3) is 0 Å². The third kappa shape index (κ3) is 3.40. The molecule has 0 radical (unpaired) electrons. The lowest BCUT2D eigenvalue weighted by molar-refractivity contribution is -0.380. The van der Waals surface area contributed by atoms with Gasteiger partial charge in [-0.25, -0.2) is 4.98 Å². The first-order valence-corrected chi connectivity index (χ1v) is 5.34. The Bertz CT molecular complexity index is 357. The van der Waals surface area contributed by atoms with Gasteiger partial charge in [0.1, 0.15) is 6.20 Å². The molecular weight excluding hydrogens is 234 g/mol. The summed E-state index contributed by atoms with van der Waals surface area (Å²) in [5, 5.41) is 20.4. The molecule has 1 N–H and O–H groups in total. The Morgan fingerprint density at radius 3 is 3.00 bits per heavy atom. The van der Waals surface area contributed by atoms with Crippen molar-refractivity contribution < 1.29 is 14.8 Å². The van der Waals surface area contributed by atoms with Gasteiger partial charge in [-0.1, -0.05) is 0 Å². The van der Waals surface area contributed by atoms with E-state index >= 15 is 0 Å². The van der Waals surface area contributed by atoms with E-state index in [-0.39, 0.29) is 11.6 Å². The molecule has 8 heteroatoms. The van der Waals surface area contributed by atoms with Crippen LogP contribution in [-0.2, 0) is 4.74 Å². The van der Waals surface area contributed by atoms with Gasteiger partial charge < -0.3 is 14.7 Å². The molecule has 1 aromatic heterocycles. The summed E-state index contributed by atoms with van der Waals surface area (Å²) in [6, 6.07) is 0. The van der Waals surface area contributed by atoms with Crippen LogP contribution in [0.2, 0.25) is 0 Å². The number of aromatic nitrogens is 1. The van der Waals surface area contributed by atoms with Crippen LogP contribution in [-0.4, -0.2) is 48.4 Å². The maximum Gasteiger partial charge on any atom is 0.345 e. The van der Waals surface area contributed by atoms with Crippen molar-refractivity contribution in [2.75, 3.05) is 32.2 Å². The third-order valence-corrected chi connectivity index (χ3v) is 2.89. The van der Waals surface area contributed by atoms with Gasteiger partial charge in [0.2, 0.25) is 0 Å². The maximum absolute atomic E-state index is 10.4. The minimum atomic E-state index is -0.641. The minimum Gasteiger partial charge on any atom is -0.389 e. The van der Waals surface area contributed by atoms with Crippen molar-refractivity contribution in [3.63, 3.8) is 0 Å². The van der Waals surface area contributed by atoms with Gasteiger partial charge in [-0.05, 0) is 11.3 Å². The van der Waals surface area contributed by atoms with Crippen LogP contribution < -0.4 is 4.90 Å². The fourth-order valence-electron chi connectivity index (χ4n) is 1.16. The fraction of sp³-hybridized carbons (Fsp3) is 0.625. The monoisotopic (exact) mass is 247 g/mol. The predicted octanol–water partition coefficient (Wildman–Crippen LogP) is 0.495. The molecule has 1 aromatic rings. The molecular formula is C8H13N3O4S. The lowest BCUT2D eigenvalue weighted by Gasteiger charge is -2.18. The summed E-state index contributed by atoms with van der Waals surface area (Å²) in [7, 11) is 3.21. The Hall–Kier alpha value is -1.25. The molecule has 1 rings (SSSR count). The smallest absolute Gasteiger partial charge is 0.345 e. The average Bonchev–Trinajstić information content (AvgIpc) is 2.66. The Balaban J connectivity index is 2.58. The van der Waals surface area contributed by atoms with E-state index in [0.717, 1.165) is 11.3 Å². The first-order chi connectivity index (χ1) is 7.54. The molecule has 7 nitrogen and oxygen atoms in total. The fourth-order valence-corrected chi connectivity index (χ4v) is 1.86. The number of nitrogens with zero attached hydrogens (tertiary/aromatic N) is 3. The largest absolute Gasteiger partial charge is 0.389 e. The van der Waals surface area contributed by atoms with Crippen molar-refractivity contribution in [1.29, 1.82) is 0 Å². The molecule has 0 fully saturated rings. The standard InChI is InChI=1S/C8H13N3O4S/c1-10(4-6(12)5-15-2)8-9-3-7(16-8)11(13)14/h3,6,12H,4-5H2,1-2H3. The van der Waals surface area contributed by atoms with E-state index in [1.807, 2.05) is 0 Å². The van der Waals surface area contributed by atoms with Gasteiger partial charge in [-0.3, -0.25) is 10.1 Å². The normalized spacial score (nSPS) is 12.4. The molecule has 1 unspecified atom stereocenters. The lowest BCUT2D eigenvalue weighted by Crippen LogP contribution is -2.31. The molecule has 0 spiro atoms. The molecule has 0 amide bonds. The number of methoxy groups -OCH3 is 1. The van der Waals surface area contributed by atoms with Gasteiger partial charge in [0, 0.05) is 20.7 Å². The van der Waals surface area contributed by atoms with Gasteiger partial charge in [0.25, 0.3) is 0 Å². The number of ether oxygens (including phenoxy) is 1. The highest BCUT2D eigenvalue weighted by molar-refractivity contribution is 7.18. The summed E-state index contributed by atoms with van der Waals surface area (Å²) in [6.07, 6.45) is 0.567. The number of rotatable bonds is 6. The molecule has 1 heterocycles. The number of hydrogen-bond donors (Lipinski definition) is 1. The molecule has 90 valence electrons. The number of hydrogen-bond acceptors (Lipinski definition) is 7. The van der Waals surface area contributed by atoms with E-state index in [2.05, 4.69) is 4.98 Å². The van der Waals surface area contributed by atoms with Crippen molar-refractivity contribution in [3.05, 3.63) is 16.3 Å². The SMILES string of the molecule is COCC(O)CN(C)c1ncc([N+](=O)[O-])s1. The van der Waals surface area contributed by atoms with Gasteiger partial charge in [0.15, 0.2) is 5.13 Å². The number of aliphatic hydroxyl groups excluding tert-OH is 1. The summed E-state index contributed by atoms with van der Waals surface area (Å²) in [6.45, 7) is 0.538. The molecule has 0 aromatic carbocycles. The number of likely N-dealkylation sites (N-methyl/N-ethyl adjacent to an activating group) is 1. The van der Waals surface area contributed by atoms with Crippen LogP contribution in [0, 0.1) is 10.1 Å². The zero-order valence-corrected chi connectivity index (χ0v) is 9.81. The van der Waals surface area contributed by atoms with Gasteiger partial charge in [-0.2, -0.15) is 0 Å². The van der Waals surface area contributed by atoms with E-state index in [4.69, 9.17) is 4.74 Å². The van der Waals surface area contributed by atoms with E-state index in [9.17, 15) is 15.2 Å². The Kier molecular flexibility index (Phi) is 4.59. The third-order valence-electron chi connectivity index (χ3n) is 1.83. The highest BCUT2D eigenvalue weighted by Gasteiger charge is 2.16. The second kappa shape index (κ2) is 5.73. The summed E-state index contributed by atoms with van der Waals surface area (Å²) in [5.41, 5.74) is 0. The molecule has 16 heavy (non-hydrogen) atoms. The van der Waals surface area contributed by atoms with Gasteiger partial charge >= 0.3 is 5.00 Å². The highest BCUT2D eigenvalue weighted by atomic mass is 32.1. The van der Waals surface area contributed by atoms with Crippen LogP contribution in [0.4, 0.5) is 10.1 Å². The maximum atomic E-state index is 10.4. The second-order valence-corrected chi connectivity index (χ2v) is 4.22. The van der Waals surface area contributed by atoms with E-state index in [0.29, 0.717) is 11.7 Å². The zero-order valence-electron chi connectivity index (χ0n) is 8.99. The molecule has 0 aliphatic heterocycles. The summed E-state index contributed by atoms with van der Waals surface area (Å²) in [5.74, 6) is 0. The van der Waals surface area contributed by atoms with Crippen molar-refractivity contribution in [2.45, 2.75) is 6.10 Å². The number of aliphatic hydroxyl groups is 1. The van der Waals surface area contributed by atoms with Crippen molar-refractivity contribution in [1.82, 2.24) is 4.98 Å². The van der Waals surface area contributed by atoms with Crippen LogP contribution in [0.1, 0.15) is 0 Å². The Morgan fingerprint density at radius 1 is 1.81 bits per heavy atom. The first kappa shape index (κ1) is 12.8.